The molecule has 0 aromatic rings. The van der Waals surface area contributed by atoms with Gasteiger partial charge in [0.25, 0.3) is 0 Å². The highest BCUT2D eigenvalue weighted by Crippen LogP contribution is 2.26. The molecule has 1 aliphatic rings. The quantitative estimate of drug-likeness (QED) is 0.375. The second-order valence-corrected chi connectivity index (χ2v) is 3.81. The first kappa shape index (κ1) is 10.8. The van der Waals surface area contributed by atoms with Crippen molar-refractivity contribution in [2.75, 3.05) is 13.1 Å². The molecule has 0 atom stereocenters. The maximum atomic E-state index is 10.7. The molecule has 0 bridgehead atoms. The molecular weight excluding hydrogens is 190 g/mol. The molecule has 7 nitrogen and oxygen atoms in total. The first-order chi connectivity index (χ1) is 6.40. The van der Waals surface area contributed by atoms with Crippen LogP contribution in [0.2, 0.25) is 0 Å². The smallest absolute Gasteiger partial charge is 0.287 e. The highest BCUT2D eigenvalue weighted by atomic mass is 16.7. The minimum Gasteiger partial charge on any atom is -0.287 e. The molecule has 14 heavy (non-hydrogen) atoms. The molecule has 1 aliphatic heterocycles. The van der Waals surface area contributed by atoms with E-state index in [1.165, 1.54) is 0 Å². The van der Waals surface area contributed by atoms with Crippen molar-refractivity contribution < 1.29 is 9.85 Å². The van der Waals surface area contributed by atoms with Gasteiger partial charge in [-0.05, 0) is 13.8 Å². The summed E-state index contributed by atoms with van der Waals surface area (Å²) in [5.41, 5.74) is -1.98. The van der Waals surface area contributed by atoms with E-state index in [1.807, 2.05) is 13.8 Å². The summed E-state index contributed by atoms with van der Waals surface area (Å²) in [6.45, 7) is 4.07. The van der Waals surface area contributed by atoms with E-state index in [0.717, 1.165) is 0 Å². The number of likely N-dealkylation sites (tertiary alicyclic amines) is 1. The summed E-state index contributed by atoms with van der Waals surface area (Å²) in [5, 5.41) is 21.3. The molecule has 0 saturated carbocycles. The fourth-order valence-electron chi connectivity index (χ4n) is 1.61. The van der Waals surface area contributed by atoms with Crippen LogP contribution in [0.3, 0.4) is 0 Å². The molecule has 1 heterocycles. The Morgan fingerprint density at radius 3 is 2.00 bits per heavy atom. The fraction of sp³-hybridized carbons (Fsp3) is 1.00. The van der Waals surface area contributed by atoms with Gasteiger partial charge in [-0.3, -0.25) is 25.1 Å². The van der Waals surface area contributed by atoms with Gasteiger partial charge < -0.3 is 0 Å². The van der Waals surface area contributed by atoms with Gasteiger partial charge in [0.2, 0.25) is 0 Å². The Labute approximate surface area is 81.0 Å². The molecule has 0 N–H and O–H groups in total. The van der Waals surface area contributed by atoms with Crippen molar-refractivity contribution in [3.8, 4) is 0 Å². The standard InChI is InChI=1S/C7H13N3O4/c1-6(2)8-4-3-7(5-8,9(11)12)10(13)14/h6H,3-5H2,1-2H3. The van der Waals surface area contributed by atoms with E-state index in [2.05, 4.69) is 0 Å². The highest BCUT2D eigenvalue weighted by molar-refractivity contribution is 4.83. The van der Waals surface area contributed by atoms with E-state index in [1.54, 1.807) is 4.90 Å². The highest BCUT2D eigenvalue weighted by Gasteiger charge is 2.61. The van der Waals surface area contributed by atoms with Gasteiger partial charge in [-0.15, -0.1) is 0 Å². The molecule has 1 saturated heterocycles. The van der Waals surface area contributed by atoms with Gasteiger partial charge in [-0.2, -0.15) is 0 Å². The van der Waals surface area contributed by atoms with E-state index >= 15 is 0 Å². The Hall–Kier alpha value is -1.24. The third-order valence-electron chi connectivity index (χ3n) is 2.67. The molecule has 0 aromatic heterocycles. The van der Waals surface area contributed by atoms with E-state index in [9.17, 15) is 20.2 Å². The number of rotatable bonds is 3. The van der Waals surface area contributed by atoms with Gasteiger partial charge in [0.05, 0.1) is 9.85 Å². The lowest BCUT2D eigenvalue weighted by Gasteiger charge is -2.18. The third kappa shape index (κ3) is 1.54. The van der Waals surface area contributed by atoms with Crippen LogP contribution in [-0.4, -0.2) is 39.5 Å². The van der Waals surface area contributed by atoms with Crippen molar-refractivity contribution in [2.45, 2.75) is 32.0 Å². The zero-order valence-corrected chi connectivity index (χ0v) is 8.17. The molecule has 7 heteroatoms. The zero-order valence-electron chi connectivity index (χ0n) is 8.17. The van der Waals surface area contributed by atoms with Crippen LogP contribution in [0.15, 0.2) is 0 Å². The Bertz CT molecular complexity index is 252. The van der Waals surface area contributed by atoms with Crippen LogP contribution >= 0.6 is 0 Å². The number of hydrogen-bond acceptors (Lipinski definition) is 5. The summed E-state index contributed by atoms with van der Waals surface area (Å²) in [6, 6.07) is 0.108. The lowest BCUT2D eigenvalue weighted by atomic mass is 10.2. The molecular formula is C7H13N3O4. The SMILES string of the molecule is CC(C)N1CCC([N+](=O)[O-])([N+](=O)[O-])C1. The maximum Gasteiger partial charge on any atom is 0.471 e. The summed E-state index contributed by atoms with van der Waals surface area (Å²) in [4.78, 5) is 21.6. The lowest BCUT2D eigenvalue weighted by Crippen LogP contribution is -2.49. The first-order valence-electron chi connectivity index (χ1n) is 4.43. The van der Waals surface area contributed by atoms with Crippen molar-refractivity contribution >= 4 is 0 Å². The largest absolute Gasteiger partial charge is 0.471 e. The average Bonchev–Trinajstić information content (AvgIpc) is 2.48. The Balaban J connectivity index is 2.85. The molecule has 80 valence electrons. The lowest BCUT2D eigenvalue weighted by molar-refractivity contribution is -0.791. The molecule has 1 rings (SSSR count). The number of hydrogen-bond donors (Lipinski definition) is 0. The van der Waals surface area contributed by atoms with Gasteiger partial charge in [-0.1, -0.05) is 0 Å². The van der Waals surface area contributed by atoms with Crippen LogP contribution in [0.1, 0.15) is 20.3 Å². The van der Waals surface area contributed by atoms with Crippen molar-refractivity contribution in [3.05, 3.63) is 20.2 Å². The van der Waals surface area contributed by atoms with Crippen LogP contribution in [0, 0.1) is 20.2 Å². The van der Waals surface area contributed by atoms with E-state index in [-0.39, 0.29) is 19.0 Å². The predicted molar refractivity (Wildman–Crippen MR) is 48.0 cm³/mol. The summed E-state index contributed by atoms with van der Waals surface area (Å²) >= 11 is 0. The van der Waals surface area contributed by atoms with Crippen LogP contribution in [0.25, 0.3) is 0 Å². The normalized spacial score (nSPS) is 21.4. The second-order valence-electron chi connectivity index (χ2n) is 3.81. The first-order valence-corrected chi connectivity index (χ1v) is 4.43. The minimum absolute atomic E-state index is 0.00875. The van der Waals surface area contributed by atoms with Crippen LogP contribution in [0.5, 0.6) is 0 Å². The zero-order chi connectivity index (χ0) is 10.9. The van der Waals surface area contributed by atoms with E-state index in [4.69, 9.17) is 0 Å². The van der Waals surface area contributed by atoms with Gasteiger partial charge in [0, 0.05) is 12.6 Å². The molecule has 0 aromatic carbocycles. The topological polar surface area (TPSA) is 89.5 Å². The van der Waals surface area contributed by atoms with Crippen molar-refractivity contribution in [1.82, 2.24) is 4.90 Å². The maximum absolute atomic E-state index is 10.7. The molecule has 0 spiro atoms. The number of nitro groups is 2. The Morgan fingerprint density at radius 2 is 1.79 bits per heavy atom. The summed E-state index contributed by atoms with van der Waals surface area (Å²) in [7, 11) is 0. The molecule has 0 unspecified atom stereocenters. The van der Waals surface area contributed by atoms with Crippen LogP contribution in [0.4, 0.5) is 0 Å². The monoisotopic (exact) mass is 203 g/mol. The molecule has 1 fully saturated rings. The summed E-state index contributed by atoms with van der Waals surface area (Å²) in [6.07, 6.45) is -0.00875. The van der Waals surface area contributed by atoms with E-state index < -0.39 is 15.5 Å². The molecule has 0 amide bonds. The van der Waals surface area contributed by atoms with Gasteiger partial charge in [0.15, 0.2) is 0 Å². The van der Waals surface area contributed by atoms with Gasteiger partial charge in [0.1, 0.15) is 13.0 Å². The Kier molecular flexibility index (Phi) is 2.70. The fourth-order valence-corrected chi connectivity index (χ4v) is 1.61. The summed E-state index contributed by atoms with van der Waals surface area (Å²) < 4.78 is 0. The third-order valence-corrected chi connectivity index (χ3v) is 2.67. The number of nitrogens with zero attached hydrogens (tertiary/aromatic N) is 3. The summed E-state index contributed by atoms with van der Waals surface area (Å²) in [5.74, 6) is 0. The second kappa shape index (κ2) is 3.49. The van der Waals surface area contributed by atoms with Crippen LogP contribution < -0.4 is 0 Å². The average molecular weight is 203 g/mol. The van der Waals surface area contributed by atoms with E-state index in [0.29, 0.717) is 6.54 Å². The van der Waals surface area contributed by atoms with Crippen molar-refractivity contribution in [2.24, 2.45) is 0 Å². The van der Waals surface area contributed by atoms with Gasteiger partial charge in [-0.25, -0.2) is 0 Å². The van der Waals surface area contributed by atoms with Crippen molar-refractivity contribution in [3.63, 3.8) is 0 Å². The minimum atomic E-state index is -1.98. The van der Waals surface area contributed by atoms with Crippen molar-refractivity contribution in [1.29, 1.82) is 0 Å². The molecule has 0 radical (unpaired) electrons. The Morgan fingerprint density at radius 1 is 1.29 bits per heavy atom. The predicted octanol–water partition coefficient (Wildman–Crippen LogP) is 0.350. The van der Waals surface area contributed by atoms with Crippen LogP contribution in [-0.2, 0) is 0 Å². The van der Waals surface area contributed by atoms with Gasteiger partial charge >= 0.3 is 5.66 Å². The molecule has 0 aliphatic carbocycles.